The van der Waals surface area contributed by atoms with Gasteiger partial charge < -0.3 is 4.90 Å². The van der Waals surface area contributed by atoms with Gasteiger partial charge in [0.15, 0.2) is 0 Å². The highest BCUT2D eigenvalue weighted by Gasteiger charge is 2.44. The van der Waals surface area contributed by atoms with Crippen LogP contribution in [0.4, 0.5) is 10.1 Å². The van der Waals surface area contributed by atoms with Crippen LogP contribution in [0.3, 0.4) is 0 Å². The standard InChI is InChI=1S/C14H19FN2O/c1-13(2)9-17(12(18)14(3,4)16-13)11-8-6-5-7-10(11)15/h5-8,16H,9H2,1-4H3. The number of nitrogens with one attached hydrogen (secondary N) is 1. The van der Waals surface area contributed by atoms with Crippen LogP contribution < -0.4 is 10.2 Å². The Bertz CT molecular complexity index is 482. The van der Waals surface area contributed by atoms with Crippen LogP contribution in [0.2, 0.25) is 0 Å². The lowest BCUT2D eigenvalue weighted by Crippen LogP contribution is -2.70. The first kappa shape index (κ1) is 13.0. The van der Waals surface area contributed by atoms with Crippen molar-refractivity contribution in [3.8, 4) is 0 Å². The predicted octanol–water partition coefficient (Wildman–Crippen LogP) is 2.32. The van der Waals surface area contributed by atoms with Gasteiger partial charge in [-0.2, -0.15) is 0 Å². The summed E-state index contributed by atoms with van der Waals surface area (Å²) in [5.74, 6) is -0.466. The number of anilines is 1. The van der Waals surface area contributed by atoms with Gasteiger partial charge in [0.1, 0.15) is 5.82 Å². The lowest BCUT2D eigenvalue weighted by atomic mass is 9.90. The summed E-state index contributed by atoms with van der Waals surface area (Å²) in [6, 6.07) is 6.39. The van der Waals surface area contributed by atoms with Gasteiger partial charge in [0.05, 0.1) is 11.2 Å². The van der Waals surface area contributed by atoms with Gasteiger partial charge in [0, 0.05) is 12.1 Å². The second-order valence-electron chi connectivity index (χ2n) is 5.98. The molecule has 2 rings (SSSR count). The van der Waals surface area contributed by atoms with Gasteiger partial charge >= 0.3 is 0 Å². The molecule has 0 spiro atoms. The number of halogens is 1. The van der Waals surface area contributed by atoms with E-state index in [0.717, 1.165) is 0 Å². The number of carbonyl (C=O) groups excluding carboxylic acids is 1. The van der Waals surface area contributed by atoms with Crippen LogP contribution in [0, 0.1) is 5.82 Å². The zero-order chi connectivity index (χ0) is 13.6. The molecule has 0 aliphatic carbocycles. The first-order chi connectivity index (χ1) is 8.23. The Kier molecular flexibility index (Phi) is 2.93. The van der Waals surface area contributed by atoms with E-state index < -0.39 is 5.54 Å². The molecule has 3 nitrogen and oxygen atoms in total. The van der Waals surface area contributed by atoms with E-state index >= 15 is 0 Å². The van der Waals surface area contributed by atoms with Crippen molar-refractivity contribution in [3.63, 3.8) is 0 Å². The SMILES string of the molecule is CC1(C)CN(c2ccccc2F)C(=O)C(C)(C)N1. The maximum Gasteiger partial charge on any atom is 0.246 e. The first-order valence-electron chi connectivity index (χ1n) is 6.09. The van der Waals surface area contributed by atoms with Crippen molar-refractivity contribution in [2.45, 2.75) is 38.8 Å². The summed E-state index contributed by atoms with van der Waals surface area (Å²) in [5, 5.41) is 3.29. The van der Waals surface area contributed by atoms with Gasteiger partial charge in [-0.05, 0) is 39.8 Å². The molecule has 1 aromatic carbocycles. The van der Waals surface area contributed by atoms with E-state index in [1.165, 1.54) is 11.0 Å². The Labute approximate surface area is 107 Å². The van der Waals surface area contributed by atoms with E-state index in [1.807, 2.05) is 27.7 Å². The quantitative estimate of drug-likeness (QED) is 0.829. The largest absolute Gasteiger partial charge is 0.306 e. The number of benzene rings is 1. The van der Waals surface area contributed by atoms with Crippen molar-refractivity contribution < 1.29 is 9.18 Å². The number of carbonyl (C=O) groups is 1. The molecule has 1 heterocycles. The zero-order valence-corrected chi connectivity index (χ0v) is 11.2. The summed E-state index contributed by atoms with van der Waals surface area (Å²) < 4.78 is 13.8. The highest BCUT2D eigenvalue weighted by molar-refractivity contribution is 6.01. The second-order valence-corrected chi connectivity index (χ2v) is 5.98. The fourth-order valence-electron chi connectivity index (χ4n) is 2.61. The van der Waals surface area contributed by atoms with Crippen molar-refractivity contribution in [3.05, 3.63) is 30.1 Å². The number of hydrogen-bond acceptors (Lipinski definition) is 2. The topological polar surface area (TPSA) is 32.3 Å². The maximum atomic E-state index is 13.8. The van der Waals surface area contributed by atoms with E-state index in [4.69, 9.17) is 0 Å². The van der Waals surface area contributed by atoms with E-state index in [9.17, 15) is 9.18 Å². The molecular formula is C14H19FN2O. The molecule has 1 aliphatic heterocycles. The van der Waals surface area contributed by atoms with Gasteiger partial charge in [0.2, 0.25) is 5.91 Å². The minimum Gasteiger partial charge on any atom is -0.306 e. The van der Waals surface area contributed by atoms with Crippen LogP contribution in [-0.2, 0) is 4.79 Å². The molecule has 0 bridgehead atoms. The molecule has 18 heavy (non-hydrogen) atoms. The molecule has 0 aromatic heterocycles. The van der Waals surface area contributed by atoms with Gasteiger partial charge in [-0.3, -0.25) is 10.1 Å². The van der Waals surface area contributed by atoms with Gasteiger partial charge in [-0.15, -0.1) is 0 Å². The summed E-state index contributed by atoms with van der Waals surface area (Å²) in [6.07, 6.45) is 0. The van der Waals surface area contributed by atoms with Crippen LogP contribution in [0.25, 0.3) is 0 Å². The molecule has 1 N–H and O–H groups in total. The van der Waals surface area contributed by atoms with Gasteiger partial charge in [-0.1, -0.05) is 12.1 Å². The number of amides is 1. The number of para-hydroxylation sites is 1. The first-order valence-corrected chi connectivity index (χ1v) is 6.09. The summed E-state index contributed by atoms with van der Waals surface area (Å²) in [4.78, 5) is 13.9. The Morgan fingerprint density at radius 3 is 2.44 bits per heavy atom. The number of rotatable bonds is 1. The van der Waals surface area contributed by atoms with Crippen LogP contribution in [-0.4, -0.2) is 23.5 Å². The minimum absolute atomic E-state index is 0.105. The summed E-state index contributed by atoms with van der Waals surface area (Å²) in [7, 11) is 0. The molecule has 0 radical (unpaired) electrons. The Morgan fingerprint density at radius 2 is 1.83 bits per heavy atom. The summed E-state index contributed by atoms with van der Waals surface area (Å²) in [6.45, 7) is 8.12. The number of hydrogen-bond donors (Lipinski definition) is 1. The molecule has 1 saturated heterocycles. The molecular weight excluding hydrogens is 231 g/mol. The summed E-state index contributed by atoms with van der Waals surface area (Å²) >= 11 is 0. The van der Waals surface area contributed by atoms with Crippen molar-refractivity contribution in [2.24, 2.45) is 0 Å². The lowest BCUT2D eigenvalue weighted by molar-refractivity contribution is -0.126. The fraction of sp³-hybridized carbons (Fsp3) is 0.500. The average molecular weight is 250 g/mol. The molecule has 0 saturated carbocycles. The zero-order valence-electron chi connectivity index (χ0n) is 11.2. The maximum absolute atomic E-state index is 13.8. The Balaban J connectivity index is 2.44. The van der Waals surface area contributed by atoms with Crippen molar-refractivity contribution >= 4 is 11.6 Å². The third kappa shape index (κ3) is 2.25. The molecule has 0 atom stereocenters. The van der Waals surface area contributed by atoms with Crippen molar-refractivity contribution in [2.75, 3.05) is 11.4 Å². The van der Waals surface area contributed by atoms with E-state index in [-0.39, 0.29) is 17.3 Å². The molecule has 1 aliphatic rings. The monoisotopic (exact) mass is 250 g/mol. The van der Waals surface area contributed by atoms with Crippen molar-refractivity contribution in [1.82, 2.24) is 5.32 Å². The molecule has 0 unspecified atom stereocenters. The summed E-state index contributed by atoms with van der Waals surface area (Å²) in [5.41, 5.74) is -0.589. The lowest BCUT2D eigenvalue weighted by Gasteiger charge is -2.47. The second kappa shape index (κ2) is 4.05. The fourth-order valence-corrected chi connectivity index (χ4v) is 2.61. The van der Waals surface area contributed by atoms with E-state index in [1.54, 1.807) is 18.2 Å². The van der Waals surface area contributed by atoms with E-state index in [2.05, 4.69) is 5.32 Å². The van der Waals surface area contributed by atoms with Crippen LogP contribution >= 0.6 is 0 Å². The number of piperazine rings is 1. The molecule has 4 heteroatoms. The van der Waals surface area contributed by atoms with E-state index in [0.29, 0.717) is 12.2 Å². The van der Waals surface area contributed by atoms with Crippen LogP contribution in [0.15, 0.2) is 24.3 Å². The molecule has 1 amide bonds. The van der Waals surface area contributed by atoms with Crippen LogP contribution in [0.1, 0.15) is 27.7 Å². The molecule has 1 aromatic rings. The predicted molar refractivity (Wildman–Crippen MR) is 70.0 cm³/mol. The minimum atomic E-state index is -0.690. The smallest absolute Gasteiger partial charge is 0.246 e. The Hall–Kier alpha value is -1.42. The Morgan fingerprint density at radius 1 is 1.22 bits per heavy atom. The third-order valence-corrected chi connectivity index (χ3v) is 3.13. The van der Waals surface area contributed by atoms with Crippen LogP contribution in [0.5, 0.6) is 0 Å². The third-order valence-electron chi connectivity index (χ3n) is 3.13. The van der Waals surface area contributed by atoms with Gasteiger partial charge in [-0.25, -0.2) is 4.39 Å². The highest BCUT2D eigenvalue weighted by atomic mass is 19.1. The molecule has 98 valence electrons. The average Bonchev–Trinajstić information content (AvgIpc) is 2.23. The van der Waals surface area contributed by atoms with Gasteiger partial charge in [0.25, 0.3) is 0 Å². The highest BCUT2D eigenvalue weighted by Crippen LogP contribution is 2.28. The van der Waals surface area contributed by atoms with Crippen molar-refractivity contribution in [1.29, 1.82) is 0 Å². The number of nitrogens with zero attached hydrogens (tertiary/aromatic N) is 1. The molecule has 1 fully saturated rings. The normalized spacial score (nSPS) is 22.1.